The lowest BCUT2D eigenvalue weighted by molar-refractivity contribution is -0.0220. The lowest BCUT2D eigenvalue weighted by Crippen LogP contribution is -2.39. The summed E-state index contributed by atoms with van der Waals surface area (Å²) in [4.78, 5) is 15.3. The van der Waals surface area contributed by atoms with Crippen LogP contribution in [0.2, 0.25) is 0 Å². The van der Waals surface area contributed by atoms with Crippen LogP contribution in [0.1, 0.15) is 66.4 Å². The van der Waals surface area contributed by atoms with Gasteiger partial charge in [0.25, 0.3) is 11.8 Å². The molecule has 6 heteroatoms. The van der Waals surface area contributed by atoms with Gasteiger partial charge in [0, 0.05) is 47.3 Å². The zero-order valence-corrected chi connectivity index (χ0v) is 20.5. The second-order valence-electron chi connectivity index (χ2n) is 9.98. The molecule has 1 spiro atoms. The van der Waals surface area contributed by atoms with E-state index >= 15 is 0 Å². The van der Waals surface area contributed by atoms with E-state index in [1.165, 1.54) is 24.8 Å². The summed E-state index contributed by atoms with van der Waals surface area (Å²) < 4.78 is 28.1. The summed E-state index contributed by atoms with van der Waals surface area (Å²) >= 11 is 3.57. The molecule has 1 aliphatic heterocycles. The molecular formula is C27H29BrF2N2O. The first-order valence-electron chi connectivity index (χ1n) is 11.8. The number of halogens is 3. The largest absolute Gasteiger partial charge is 0.371 e. The van der Waals surface area contributed by atoms with Crippen molar-refractivity contribution in [2.24, 2.45) is 5.41 Å². The highest BCUT2D eigenvalue weighted by atomic mass is 79.9. The Kier molecular flexibility index (Phi) is 5.84. The summed E-state index contributed by atoms with van der Waals surface area (Å²) in [5.41, 5.74) is 5.99. The van der Waals surface area contributed by atoms with Gasteiger partial charge >= 0.3 is 0 Å². The van der Waals surface area contributed by atoms with Crippen molar-refractivity contribution in [1.82, 2.24) is 0 Å². The number of carbonyl (C=O) groups is 1. The van der Waals surface area contributed by atoms with E-state index in [-0.39, 0.29) is 18.7 Å². The molecule has 1 saturated carbocycles. The number of aryl methyl sites for hydroxylation is 1. The number of hydrogen-bond acceptors (Lipinski definition) is 2. The van der Waals surface area contributed by atoms with Crippen molar-refractivity contribution in [3.05, 3.63) is 63.6 Å². The zero-order chi connectivity index (χ0) is 23.2. The van der Waals surface area contributed by atoms with Gasteiger partial charge in [0.05, 0.1) is 0 Å². The molecule has 0 radical (unpaired) electrons. The number of rotatable bonds is 4. The molecule has 0 atom stereocenters. The second kappa shape index (κ2) is 8.53. The molecule has 1 saturated heterocycles. The minimum Gasteiger partial charge on any atom is -0.371 e. The first-order chi connectivity index (χ1) is 15.7. The topological polar surface area (TPSA) is 32.3 Å². The van der Waals surface area contributed by atoms with Gasteiger partial charge in [0.15, 0.2) is 0 Å². The number of carbonyl (C=O) groups excluding carboxylic acids is 1. The van der Waals surface area contributed by atoms with Crippen LogP contribution in [0.4, 0.5) is 20.2 Å². The Labute approximate surface area is 202 Å². The van der Waals surface area contributed by atoms with Crippen molar-refractivity contribution >= 4 is 38.8 Å². The van der Waals surface area contributed by atoms with Crippen molar-refractivity contribution < 1.29 is 13.6 Å². The van der Waals surface area contributed by atoms with Crippen LogP contribution in [0.25, 0.3) is 5.57 Å². The summed E-state index contributed by atoms with van der Waals surface area (Å²) in [5.74, 6) is -2.73. The SMILES string of the molecule is Cc1cc(NC(=O)c2ccc(Br)cc2C2=CCC3(CC2)CC3)cc(N2CCC(F)(F)CC2)c1. The van der Waals surface area contributed by atoms with Crippen LogP contribution >= 0.6 is 15.9 Å². The normalized spacial score (nSPS) is 21.0. The fourth-order valence-corrected chi connectivity index (χ4v) is 5.47. The van der Waals surface area contributed by atoms with Crippen molar-refractivity contribution in [3.8, 4) is 0 Å². The van der Waals surface area contributed by atoms with Crippen LogP contribution in [-0.2, 0) is 0 Å². The molecule has 2 aliphatic carbocycles. The molecule has 0 aromatic heterocycles. The van der Waals surface area contributed by atoms with E-state index < -0.39 is 5.92 Å². The van der Waals surface area contributed by atoms with Gasteiger partial charge < -0.3 is 10.2 Å². The Morgan fingerprint density at radius 1 is 1.03 bits per heavy atom. The first kappa shape index (κ1) is 22.6. The number of alkyl halides is 2. The number of nitrogens with one attached hydrogen (secondary N) is 1. The molecule has 0 bridgehead atoms. The van der Waals surface area contributed by atoms with E-state index in [2.05, 4.69) is 27.3 Å². The maximum absolute atomic E-state index is 13.6. The number of allylic oxidation sites excluding steroid dienone is 2. The summed E-state index contributed by atoms with van der Waals surface area (Å²) in [6.45, 7) is 2.59. The maximum atomic E-state index is 13.6. The number of nitrogens with zero attached hydrogens (tertiary/aromatic N) is 1. The minimum absolute atomic E-state index is 0.138. The highest BCUT2D eigenvalue weighted by Crippen LogP contribution is 2.56. The molecule has 1 N–H and O–H groups in total. The van der Waals surface area contributed by atoms with E-state index in [9.17, 15) is 13.6 Å². The minimum atomic E-state index is -2.58. The summed E-state index contributed by atoms with van der Waals surface area (Å²) in [5, 5.41) is 3.07. The van der Waals surface area contributed by atoms with Crippen molar-refractivity contribution in [3.63, 3.8) is 0 Å². The van der Waals surface area contributed by atoms with E-state index in [1.54, 1.807) is 0 Å². The first-order valence-corrected chi connectivity index (χ1v) is 12.6. The van der Waals surface area contributed by atoms with E-state index in [1.807, 2.05) is 48.2 Å². The highest BCUT2D eigenvalue weighted by Gasteiger charge is 2.43. The Hall–Kier alpha value is -2.21. The van der Waals surface area contributed by atoms with Gasteiger partial charge in [-0.1, -0.05) is 22.0 Å². The van der Waals surface area contributed by atoms with Crippen LogP contribution < -0.4 is 10.2 Å². The number of benzene rings is 2. The number of hydrogen-bond donors (Lipinski definition) is 1. The number of anilines is 2. The lowest BCUT2D eigenvalue weighted by Gasteiger charge is -2.33. The average molecular weight is 515 g/mol. The van der Waals surface area contributed by atoms with Gasteiger partial charge in [0.1, 0.15) is 0 Å². The molecule has 0 unspecified atom stereocenters. The Morgan fingerprint density at radius 2 is 1.79 bits per heavy atom. The van der Waals surface area contributed by atoms with E-state index in [0.29, 0.717) is 29.8 Å². The van der Waals surface area contributed by atoms with Crippen LogP contribution in [0.3, 0.4) is 0 Å². The van der Waals surface area contributed by atoms with Gasteiger partial charge in [-0.3, -0.25) is 4.79 Å². The third-order valence-electron chi connectivity index (χ3n) is 7.42. The molecule has 2 aromatic rings. The third kappa shape index (κ3) is 5.01. The fourth-order valence-electron chi connectivity index (χ4n) is 5.11. The fraction of sp³-hybridized carbons (Fsp3) is 0.444. The van der Waals surface area contributed by atoms with Crippen LogP contribution in [-0.4, -0.2) is 24.9 Å². The van der Waals surface area contributed by atoms with Gasteiger partial charge in [-0.25, -0.2) is 8.78 Å². The quantitative estimate of drug-likeness (QED) is 0.455. The van der Waals surface area contributed by atoms with Crippen molar-refractivity contribution in [1.29, 1.82) is 0 Å². The monoisotopic (exact) mass is 514 g/mol. The predicted octanol–water partition coefficient (Wildman–Crippen LogP) is 7.59. The molecule has 2 aromatic carbocycles. The highest BCUT2D eigenvalue weighted by molar-refractivity contribution is 9.10. The van der Waals surface area contributed by atoms with Crippen LogP contribution in [0, 0.1) is 12.3 Å². The zero-order valence-electron chi connectivity index (χ0n) is 18.9. The summed E-state index contributed by atoms with van der Waals surface area (Å²) in [6, 6.07) is 11.6. The number of amides is 1. The van der Waals surface area contributed by atoms with Gasteiger partial charge in [-0.2, -0.15) is 0 Å². The maximum Gasteiger partial charge on any atom is 0.256 e. The molecular weight excluding hydrogens is 486 g/mol. The average Bonchev–Trinajstić information content (AvgIpc) is 3.52. The van der Waals surface area contributed by atoms with Gasteiger partial charge in [0.2, 0.25) is 0 Å². The molecule has 33 heavy (non-hydrogen) atoms. The van der Waals surface area contributed by atoms with Gasteiger partial charge in [-0.15, -0.1) is 0 Å². The van der Waals surface area contributed by atoms with Crippen molar-refractivity contribution in [2.75, 3.05) is 23.3 Å². The number of piperidine rings is 1. The predicted molar refractivity (Wildman–Crippen MR) is 133 cm³/mol. The molecule has 1 heterocycles. The van der Waals surface area contributed by atoms with Crippen LogP contribution in [0.5, 0.6) is 0 Å². The van der Waals surface area contributed by atoms with Gasteiger partial charge in [-0.05, 0) is 97.5 Å². The standard InChI is InChI=1S/C27H29BrF2N2O/c1-18-14-21(17-22(15-18)32-12-10-27(29,30)11-13-32)31-25(33)23-3-2-20(28)16-24(23)19-4-6-26(7-5-19)8-9-26/h2-4,14-17H,5-13H2,1H3,(H,31,33). The van der Waals surface area contributed by atoms with E-state index in [4.69, 9.17) is 0 Å². The summed E-state index contributed by atoms with van der Waals surface area (Å²) in [6.07, 6.45) is 8.01. The van der Waals surface area contributed by atoms with Crippen molar-refractivity contribution in [2.45, 2.75) is 57.8 Å². The third-order valence-corrected chi connectivity index (χ3v) is 7.91. The van der Waals surface area contributed by atoms with Crippen LogP contribution in [0.15, 0.2) is 46.9 Å². The molecule has 2 fully saturated rings. The van der Waals surface area contributed by atoms with E-state index in [0.717, 1.165) is 34.1 Å². The molecule has 3 aliphatic rings. The molecule has 5 rings (SSSR count). The Balaban J connectivity index is 1.37. The second-order valence-corrected chi connectivity index (χ2v) is 10.9. The lowest BCUT2D eigenvalue weighted by atomic mass is 9.83. The summed E-state index contributed by atoms with van der Waals surface area (Å²) in [7, 11) is 0. The Morgan fingerprint density at radius 3 is 2.45 bits per heavy atom. The Bertz CT molecular complexity index is 1110. The smallest absolute Gasteiger partial charge is 0.256 e. The molecule has 1 amide bonds. The molecule has 3 nitrogen and oxygen atoms in total. The molecule has 174 valence electrons.